The fourth-order valence-electron chi connectivity index (χ4n) is 2.62. The molecule has 119 valence electrons. The van der Waals surface area contributed by atoms with Gasteiger partial charge < -0.3 is 0 Å². The summed E-state index contributed by atoms with van der Waals surface area (Å²) < 4.78 is 0. The zero-order chi connectivity index (χ0) is 15.1. The first-order chi connectivity index (χ1) is 9.56. The molecule has 1 heteroatoms. The van der Waals surface area contributed by atoms with E-state index in [9.17, 15) is 4.79 Å². The molecule has 0 N–H and O–H groups in total. The van der Waals surface area contributed by atoms with Gasteiger partial charge in [0.05, 0.1) is 0 Å². The molecule has 1 radical (unpaired) electrons. The molecule has 0 bridgehead atoms. The molecule has 0 unspecified atom stereocenters. The van der Waals surface area contributed by atoms with E-state index in [4.69, 9.17) is 0 Å². The van der Waals surface area contributed by atoms with E-state index in [1.54, 1.807) is 0 Å². The third-order valence-electron chi connectivity index (χ3n) is 3.96. The van der Waals surface area contributed by atoms with Crippen molar-refractivity contribution in [3.05, 3.63) is 0 Å². The number of rotatable bonds is 14. The van der Waals surface area contributed by atoms with Crippen molar-refractivity contribution in [1.29, 1.82) is 0 Å². The summed E-state index contributed by atoms with van der Waals surface area (Å²) in [4.78, 5) is 10.0. The van der Waals surface area contributed by atoms with Crippen LogP contribution in [0, 0.1) is 5.41 Å². The first kappa shape index (κ1) is 19.7. The second-order valence-corrected chi connectivity index (χ2v) is 7.45. The van der Waals surface area contributed by atoms with Crippen LogP contribution in [0.5, 0.6) is 0 Å². The number of carbonyl (C=O) groups excluding carboxylic acids is 1. The third-order valence-corrected chi connectivity index (χ3v) is 3.96. The predicted molar refractivity (Wildman–Crippen MR) is 89.8 cm³/mol. The Hall–Kier alpha value is -0.330. The van der Waals surface area contributed by atoms with Gasteiger partial charge in [0.15, 0.2) is 6.29 Å². The molecule has 0 saturated heterocycles. The van der Waals surface area contributed by atoms with Gasteiger partial charge in [-0.25, -0.2) is 0 Å². The van der Waals surface area contributed by atoms with E-state index < -0.39 is 0 Å². The van der Waals surface area contributed by atoms with Crippen molar-refractivity contribution in [1.82, 2.24) is 0 Å². The van der Waals surface area contributed by atoms with Gasteiger partial charge in [-0.2, -0.15) is 0 Å². The van der Waals surface area contributed by atoms with Crippen LogP contribution in [-0.4, -0.2) is 6.29 Å². The van der Waals surface area contributed by atoms with Gasteiger partial charge >= 0.3 is 0 Å². The minimum absolute atomic E-state index is 0.518. The zero-order valence-electron chi connectivity index (χ0n) is 14.3. The topological polar surface area (TPSA) is 17.1 Å². The average Bonchev–Trinajstić information content (AvgIpc) is 2.38. The molecule has 0 fully saturated rings. The summed E-state index contributed by atoms with van der Waals surface area (Å²) in [6.07, 6.45) is 20.2. The maximum Gasteiger partial charge on any atom is 0.198 e. The Balaban J connectivity index is 3.01. The fraction of sp³-hybridized carbons (Fsp3) is 0.947. The summed E-state index contributed by atoms with van der Waals surface area (Å²) in [6, 6.07) is 0. The highest BCUT2D eigenvalue weighted by atomic mass is 16.1. The third kappa shape index (κ3) is 17.7. The first-order valence-electron chi connectivity index (χ1n) is 8.91. The number of hydrogen-bond acceptors (Lipinski definition) is 1. The second kappa shape index (κ2) is 13.6. The van der Waals surface area contributed by atoms with Gasteiger partial charge in [0, 0.05) is 6.42 Å². The van der Waals surface area contributed by atoms with E-state index in [1.165, 1.54) is 77.0 Å². The molecule has 0 heterocycles. The quantitative estimate of drug-likeness (QED) is 0.328. The summed E-state index contributed by atoms with van der Waals surface area (Å²) in [5.41, 5.74) is 0.518. The Morgan fingerprint density at radius 3 is 1.30 bits per heavy atom. The summed E-state index contributed by atoms with van der Waals surface area (Å²) in [5.74, 6) is 0. The zero-order valence-corrected chi connectivity index (χ0v) is 14.3. The van der Waals surface area contributed by atoms with Crippen LogP contribution >= 0.6 is 0 Å². The van der Waals surface area contributed by atoms with Crippen molar-refractivity contribution in [2.75, 3.05) is 0 Å². The Bertz CT molecular complexity index is 202. The standard InChI is InChI=1S/C19H37O/c1-19(2,3)17-15-13-11-9-7-5-4-6-8-10-12-14-16-18-20/h4-17H2,1-3H3. The lowest BCUT2D eigenvalue weighted by Crippen LogP contribution is -2.03. The predicted octanol–water partition coefficient (Wildman–Crippen LogP) is 6.60. The van der Waals surface area contributed by atoms with Crippen molar-refractivity contribution in [3.63, 3.8) is 0 Å². The summed E-state index contributed by atoms with van der Waals surface area (Å²) in [6.45, 7) is 7.01. The first-order valence-corrected chi connectivity index (χ1v) is 8.91. The van der Waals surface area contributed by atoms with Crippen LogP contribution in [0.25, 0.3) is 0 Å². The summed E-state index contributed by atoms with van der Waals surface area (Å²) >= 11 is 0. The molecule has 0 rings (SSSR count). The molecule has 0 aromatic heterocycles. The van der Waals surface area contributed by atoms with Gasteiger partial charge in [-0.1, -0.05) is 91.4 Å². The Morgan fingerprint density at radius 2 is 0.950 bits per heavy atom. The van der Waals surface area contributed by atoms with Crippen molar-refractivity contribution < 1.29 is 4.79 Å². The summed E-state index contributed by atoms with van der Waals surface area (Å²) in [5, 5.41) is 0. The molecule has 20 heavy (non-hydrogen) atoms. The molecule has 0 aromatic rings. The maximum atomic E-state index is 10.0. The van der Waals surface area contributed by atoms with Crippen LogP contribution in [0.15, 0.2) is 0 Å². The molecular formula is C19H37O. The highest BCUT2D eigenvalue weighted by molar-refractivity contribution is 5.50. The van der Waals surface area contributed by atoms with Crippen LogP contribution in [0.2, 0.25) is 0 Å². The molecule has 0 aliphatic rings. The smallest absolute Gasteiger partial charge is 0.198 e. The van der Waals surface area contributed by atoms with E-state index in [2.05, 4.69) is 20.8 Å². The average molecular weight is 282 g/mol. The SMILES string of the molecule is CC(C)(C)CCCCCCCCCCCCCC[C]=O. The molecule has 0 amide bonds. The van der Waals surface area contributed by atoms with Gasteiger partial charge in [-0.15, -0.1) is 0 Å². The van der Waals surface area contributed by atoms with Crippen molar-refractivity contribution >= 4 is 6.29 Å². The fourth-order valence-corrected chi connectivity index (χ4v) is 2.62. The molecule has 0 saturated carbocycles. The number of unbranched alkanes of at least 4 members (excludes halogenated alkanes) is 12. The van der Waals surface area contributed by atoms with E-state index in [0.29, 0.717) is 11.8 Å². The van der Waals surface area contributed by atoms with Crippen LogP contribution < -0.4 is 0 Å². The van der Waals surface area contributed by atoms with E-state index in [1.807, 2.05) is 6.29 Å². The van der Waals surface area contributed by atoms with Crippen LogP contribution in [0.3, 0.4) is 0 Å². The van der Waals surface area contributed by atoms with E-state index in [0.717, 1.165) is 6.42 Å². The highest BCUT2D eigenvalue weighted by Gasteiger charge is 2.08. The lowest BCUT2D eigenvalue weighted by atomic mass is 9.89. The van der Waals surface area contributed by atoms with Crippen LogP contribution in [0.1, 0.15) is 111 Å². The summed E-state index contributed by atoms with van der Waals surface area (Å²) in [7, 11) is 0. The van der Waals surface area contributed by atoms with E-state index >= 15 is 0 Å². The lowest BCUT2D eigenvalue weighted by molar-refractivity contribution is 0.356. The molecule has 0 aromatic carbocycles. The van der Waals surface area contributed by atoms with Crippen molar-refractivity contribution in [2.45, 2.75) is 111 Å². The molecule has 0 aliphatic heterocycles. The van der Waals surface area contributed by atoms with Gasteiger partial charge in [-0.05, 0) is 18.3 Å². The normalized spacial score (nSPS) is 11.8. The van der Waals surface area contributed by atoms with Gasteiger partial charge in [0.1, 0.15) is 0 Å². The second-order valence-electron chi connectivity index (χ2n) is 7.45. The highest BCUT2D eigenvalue weighted by Crippen LogP contribution is 2.22. The largest absolute Gasteiger partial charge is 0.291 e. The van der Waals surface area contributed by atoms with E-state index in [-0.39, 0.29) is 0 Å². The Kier molecular flexibility index (Phi) is 13.4. The maximum absolute atomic E-state index is 10.0. The molecule has 1 nitrogen and oxygen atoms in total. The lowest BCUT2D eigenvalue weighted by Gasteiger charge is -2.17. The minimum atomic E-state index is 0.518. The minimum Gasteiger partial charge on any atom is -0.291 e. The monoisotopic (exact) mass is 281 g/mol. The molecule has 0 atom stereocenters. The molecular weight excluding hydrogens is 244 g/mol. The van der Waals surface area contributed by atoms with Crippen LogP contribution in [0.4, 0.5) is 0 Å². The number of hydrogen-bond donors (Lipinski definition) is 0. The van der Waals surface area contributed by atoms with Crippen molar-refractivity contribution in [3.8, 4) is 0 Å². The van der Waals surface area contributed by atoms with Gasteiger partial charge in [0.2, 0.25) is 0 Å². The van der Waals surface area contributed by atoms with Gasteiger partial charge in [0.25, 0.3) is 0 Å². The van der Waals surface area contributed by atoms with Gasteiger partial charge in [-0.3, -0.25) is 4.79 Å². The Labute approximate surface area is 127 Å². The molecule has 0 aliphatic carbocycles. The van der Waals surface area contributed by atoms with Crippen LogP contribution in [-0.2, 0) is 4.79 Å². The Morgan fingerprint density at radius 1 is 0.600 bits per heavy atom. The van der Waals surface area contributed by atoms with Crippen molar-refractivity contribution in [2.24, 2.45) is 5.41 Å². The molecule has 0 spiro atoms.